The van der Waals surface area contributed by atoms with Crippen molar-refractivity contribution in [3.05, 3.63) is 42.2 Å². The summed E-state index contributed by atoms with van der Waals surface area (Å²) in [5.41, 5.74) is 7.17. The van der Waals surface area contributed by atoms with E-state index in [1.54, 1.807) is 25.1 Å². The van der Waals surface area contributed by atoms with Crippen molar-refractivity contribution in [1.82, 2.24) is 0 Å². The molecule has 2 aromatic rings. The number of nitrogen functional groups attached to an aromatic ring is 1. The third-order valence-corrected chi connectivity index (χ3v) is 3.12. The number of nitrogens with two attached hydrogens (primary N) is 1. The van der Waals surface area contributed by atoms with Gasteiger partial charge in [0, 0.05) is 24.9 Å². The van der Waals surface area contributed by atoms with Gasteiger partial charge < -0.3 is 20.1 Å². The van der Waals surface area contributed by atoms with Crippen LogP contribution >= 0.6 is 0 Å². The lowest BCUT2D eigenvalue weighted by Crippen LogP contribution is -2.12. The summed E-state index contributed by atoms with van der Waals surface area (Å²) in [4.78, 5) is 1.72. The molecule has 0 atom stereocenters. The molecule has 0 amide bonds. The van der Waals surface area contributed by atoms with Crippen molar-refractivity contribution in [3.63, 3.8) is 0 Å². The van der Waals surface area contributed by atoms with Crippen molar-refractivity contribution >= 4 is 17.1 Å². The van der Waals surface area contributed by atoms with E-state index in [1.165, 1.54) is 13.2 Å². The second-order valence-electron chi connectivity index (χ2n) is 4.30. The molecule has 0 unspecified atom stereocenters. The Bertz CT molecular complexity index is 600. The topological polar surface area (TPSA) is 47.7 Å². The number of methoxy groups -OCH3 is 2. The molecule has 5 heteroatoms. The number of hydrogen-bond donors (Lipinski definition) is 1. The lowest BCUT2D eigenvalue weighted by atomic mass is 10.2. The maximum Gasteiger partial charge on any atom is 0.149 e. The number of rotatable bonds is 4. The minimum Gasteiger partial charge on any atom is -0.497 e. The highest BCUT2D eigenvalue weighted by atomic mass is 19.1. The van der Waals surface area contributed by atoms with Crippen LogP contribution in [0, 0.1) is 5.82 Å². The summed E-state index contributed by atoms with van der Waals surface area (Å²) >= 11 is 0. The summed E-state index contributed by atoms with van der Waals surface area (Å²) in [5.74, 6) is 0.792. The van der Waals surface area contributed by atoms with E-state index >= 15 is 0 Å². The van der Waals surface area contributed by atoms with Crippen LogP contribution in [-0.4, -0.2) is 21.3 Å². The average Bonchev–Trinajstić information content (AvgIpc) is 2.47. The molecule has 2 aromatic carbocycles. The molecule has 0 radical (unpaired) electrons. The van der Waals surface area contributed by atoms with E-state index in [0.29, 0.717) is 11.4 Å². The Labute approximate surface area is 117 Å². The van der Waals surface area contributed by atoms with Gasteiger partial charge in [-0.2, -0.15) is 0 Å². The zero-order valence-corrected chi connectivity index (χ0v) is 11.7. The molecule has 0 aliphatic rings. The van der Waals surface area contributed by atoms with Crippen molar-refractivity contribution in [3.8, 4) is 11.5 Å². The standard InChI is InChI=1S/C15H17FN2O2/c1-18(10-4-6-11(19-2)7-5-10)14-9-15(20-3)13(17)8-12(14)16/h4-9H,17H2,1-3H3. The SMILES string of the molecule is COc1ccc(N(C)c2cc(OC)c(N)cc2F)cc1. The van der Waals surface area contributed by atoms with E-state index in [9.17, 15) is 4.39 Å². The van der Waals surface area contributed by atoms with E-state index in [2.05, 4.69) is 0 Å². The fourth-order valence-corrected chi connectivity index (χ4v) is 1.94. The van der Waals surface area contributed by atoms with E-state index in [4.69, 9.17) is 15.2 Å². The predicted octanol–water partition coefficient (Wildman–Crippen LogP) is 3.19. The Hall–Kier alpha value is -2.43. The highest BCUT2D eigenvalue weighted by molar-refractivity contribution is 5.69. The van der Waals surface area contributed by atoms with Crippen molar-refractivity contribution in [2.45, 2.75) is 0 Å². The molecule has 106 valence electrons. The quantitative estimate of drug-likeness (QED) is 0.871. The van der Waals surface area contributed by atoms with Crippen LogP contribution in [0.1, 0.15) is 0 Å². The van der Waals surface area contributed by atoms with Gasteiger partial charge in [-0.3, -0.25) is 0 Å². The smallest absolute Gasteiger partial charge is 0.149 e. The first-order chi connectivity index (χ1) is 9.56. The summed E-state index contributed by atoms with van der Waals surface area (Å²) in [6.07, 6.45) is 0. The molecule has 0 fully saturated rings. The number of halogens is 1. The first-order valence-corrected chi connectivity index (χ1v) is 6.07. The van der Waals surface area contributed by atoms with Crippen molar-refractivity contribution < 1.29 is 13.9 Å². The number of benzene rings is 2. The maximum absolute atomic E-state index is 14.0. The Morgan fingerprint density at radius 1 is 1.05 bits per heavy atom. The monoisotopic (exact) mass is 276 g/mol. The fraction of sp³-hybridized carbons (Fsp3) is 0.200. The highest BCUT2D eigenvalue weighted by Gasteiger charge is 2.13. The summed E-state index contributed by atoms with van der Waals surface area (Å²) in [5, 5.41) is 0. The molecule has 0 bridgehead atoms. The summed E-state index contributed by atoms with van der Waals surface area (Å²) in [6, 6.07) is 10.2. The Morgan fingerprint density at radius 3 is 2.25 bits per heavy atom. The number of hydrogen-bond acceptors (Lipinski definition) is 4. The normalized spacial score (nSPS) is 10.2. The van der Waals surface area contributed by atoms with Crippen molar-refractivity contribution in [2.24, 2.45) is 0 Å². The van der Waals surface area contributed by atoms with Crippen LogP contribution in [0.15, 0.2) is 36.4 Å². The molecule has 0 aromatic heterocycles. The largest absolute Gasteiger partial charge is 0.497 e. The second kappa shape index (κ2) is 5.69. The Morgan fingerprint density at radius 2 is 1.70 bits per heavy atom. The van der Waals surface area contributed by atoms with E-state index in [1.807, 2.05) is 24.3 Å². The van der Waals surface area contributed by atoms with Gasteiger partial charge in [-0.15, -0.1) is 0 Å². The molecule has 20 heavy (non-hydrogen) atoms. The maximum atomic E-state index is 14.0. The van der Waals surface area contributed by atoms with Crippen LogP contribution in [0.5, 0.6) is 11.5 Å². The van der Waals surface area contributed by atoms with Crippen LogP contribution in [0.4, 0.5) is 21.5 Å². The Balaban J connectivity index is 2.38. The first kappa shape index (κ1) is 14.0. The number of anilines is 3. The second-order valence-corrected chi connectivity index (χ2v) is 4.30. The summed E-state index contributed by atoms with van der Waals surface area (Å²) < 4.78 is 24.3. The molecule has 2 rings (SSSR count). The lowest BCUT2D eigenvalue weighted by Gasteiger charge is -2.21. The van der Waals surface area contributed by atoms with Gasteiger partial charge in [0.05, 0.1) is 25.6 Å². The summed E-state index contributed by atoms with van der Waals surface area (Å²) in [6.45, 7) is 0. The third kappa shape index (κ3) is 2.61. The summed E-state index contributed by atoms with van der Waals surface area (Å²) in [7, 11) is 4.87. The molecule has 0 heterocycles. The predicted molar refractivity (Wildman–Crippen MR) is 78.4 cm³/mol. The van der Waals surface area contributed by atoms with Gasteiger partial charge in [-0.1, -0.05) is 0 Å². The van der Waals surface area contributed by atoms with E-state index < -0.39 is 5.82 Å². The molecular weight excluding hydrogens is 259 g/mol. The van der Waals surface area contributed by atoms with E-state index in [0.717, 1.165) is 11.4 Å². The molecule has 0 aliphatic heterocycles. The van der Waals surface area contributed by atoms with E-state index in [-0.39, 0.29) is 5.69 Å². The van der Waals surface area contributed by atoms with Gasteiger partial charge in [0.15, 0.2) is 0 Å². The zero-order chi connectivity index (χ0) is 14.7. The highest BCUT2D eigenvalue weighted by Crippen LogP contribution is 2.34. The van der Waals surface area contributed by atoms with Crippen LogP contribution in [0.2, 0.25) is 0 Å². The van der Waals surface area contributed by atoms with Crippen LogP contribution in [0.3, 0.4) is 0 Å². The van der Waals surface area contributed by atoms with Crippen molar-refractivity contribution in [2.75, 3.05) is 31.9 Å². The fourth-order valence-electron chi connectivity index (χ4n) is 1.94. The van der Waals surface area contributed by atoms with Crippen molar-refractivity contribution in [1.29, 1.82) is 0 Å². The van der Waals surface area contributed by atoms with Crippen LogP contribution in [0.25, 0.3) is 0 Å². The minimum atomic E-state index is -0.401. The molecule has 0 saturated heterocycles. The molecule has 0 spiro atoms. The minimum absolute atomic E-state index is 0.275. The van der Waals surface area contributed by atoms with Gasteiger partial charge in [-0.05, 0) is 24.3 Å². The van der Waals surface area contributed by atoms with Gasteiger partial charge in [0.2, 0.25) is 0 Å². The van der Waals surface area contributed by atoms with Crippen LogP contribution in [-0.2, 0) is 0 Å². The van der Waals surface area contributed by atoms with Gasteiger partial charge >= 0.3 is 0 Å². The molecule has 0 saturated carbocycles. The average molecular weight is 276 g/mol. The van der Waals surface area contributed by atoms with Crippen LogP contribution < -0.4 is 20.1 Å². The van der Waals surface area contributed by atoms with Gasteiger partial charge in [-0.25, -0.2) is 4.39 Å². The molecule has 2 N–H and O–H groups in total. The number of nitrogens with zero attached hydrogens (tertiary/aromatic N) is 1. The van der Waals surface area contributed by atoms with Gasteiger partial charge in [0.1, 0.15) is 17.3 Å². The molecular formula is C15H17FN2O2. The molecule has 0 aliphatic carbocycles. The van der Waals surface area contributed by atoms with Gasteiger partial charge in [0.25, 0.3) is 0 Å². The Kier molecular flexibility index (Phi) is 3.98. The number of ether oxygens (including phenoxy) is 2. The lowest BCUT2D eigenvalue weighted by molar-refractivity contribution is 0.415. The molecule has 4 nitrogen and oxygen atoms in total. The first-order valence-electron chi connectivity index (χ1n) is 6.07. The zero-order valence-electron chi connectivity index (χ0n) is 11.7. The third-order valence-electron chi connectivity index (χ3n) is 3.12.